The Labute approximate surface area is 185 Å². The highest BCUT2D eigenvalue weighted by Gasteiger charge is 2.41. The molecule has 2 aromatic carbocycles. The highest BCUT2D eigenvalue weighted by atomic mass is 16.2. The first-order chi connectivity index (χ1) is 15.5. The minimum absolute atomic E-state index is 0.00417. The van der Waals surface area contributed by atoms with Gasteiger partial charge in [-0.15, -0.1) is 0 Å². The minimum atomic E-state index is -0.597. The summed E-state index contributed by atoms with van der Waals surface area (Å²) in [6, 6.07) is 17.3. The molecule has 1 saturated heterocycles. The smallest absolute Gasteiger partial charge is 0.332 e. The maximum Gasteiger partial charge on any atom is 0.332 e. The fourth-order valence-corrected chi connectivity index (χ4v) is 4.86. The van der Waals surface area contributed by atoms with Crippen LogP contribution in [0.1, 0.15) is 46.6 Å². The third-order valence-electron chi connectivity index (χ3n) is 6.74. The summed E-state index contributed by atoms with van der Waals surface area (Å²) in [5.41, 5.74) is 1.67. The molecule has 0 unspecified atom stereocenters. The summed E-state index contributed by atoms with van der Waals surface area (Å²) < 4.78 is 2.80. The van der Waals surface area contributed by atoms with E-state index in [1.165, 1.54) is 14.8 Å². The highest BCUT2D eigenvalue weighted by molar-refractivity contribution is 5.94. The third kappa shape index (κ3) is 3.57. The SMILES string of the molecule is CCc1ccc(C(=O)N2CC[C@@H]3Cn4c(nn(Cc5ccccc5)c(=O)c4=O)[C@H]3C2)cc1. The first-order valence-corrected chi connectivity index (χ1v) is 11.2. The van der Waals surface area contributed by atoms with Crippen LogP contribution >= 0.6 is 0 Å². The lowest BCUT2D eigenvalue weighted by Gasteiger charge is -2.34. The quantitative estimate of drug-likeness (QED) is 0.595. The first kappa shape index (κ1) is 20.4. The van der Waals surface area contributed by atoms with Crippen LogP contribution in [0.2, 0.25) is 0 Å². The molecule has 0 saturated carbocycles. The van der Waals surface area contributed by atoms with E-state index in [-0.39, 0.29) is 24.3 Å². The van der Waals surface area contributed by atoms with Gasteiger partial charge in [-0.1, -0.05) is 49.4 Å². The van der Waals surface area contributed by atoms with Gasteiger partial charge in [0.05, 0.1) is 6.54 Å². The molecular weight excluding hydrogens is 404 g/mol. The predicted octanol–water partition coefficient (Wildman–Crippen LogP) is 2.28. The van der Waals surface area contributed by atoms with E-state index < -0.39 is 11.1 Å². The summed E-state index contributed by atoms with van der Waals surface area (Å²) in [6.45, 7) is 4.00. The van der Waals surface area contributed by atoms with E-state index in [2.05, 4.69) is 12.0 Å². The molecule has 1 fully saturated rings. The first-order valence-electron chi connectivity index (χ1n) is 11.2. The van der Waals surface area contributed by atoms with Crippen LogP contribution in [0.25, 0.3) is 0 Å². The van der Waals surface area contributed by atoms with Gasteiger partial charge in [0.25, 0.3) is 5.91 Å². The molecule has 1 amide bonds. The monoisotopic (exact) mass is 430 g/mol. The molecule has 0 N–H and O–H groups in total. The zero-order valence-corrected chi connectivity index (χ0v) is 18.1. The molecular formula is C25H26N4O3. The summed E-state index contributed by atoms with van der Waals surface area (Å²) in [6.07, 6.45) is 1.73. The molecule has 5 rings (SSSR count). The Morgan fingerprint density at radius 1 is 0.969 bits per heavy atom. The Balaban J connectivity index is 1.43. The number of aryl methyl sites for hydroxylation is 1. The Bertz CT molecular complexity index is 1260. The number of rotatable bonds is 4. The number of hydrogen-bond donors (Lipinski definition) is 0. The summed E-state index contributed by atoms with van der Waals surface area (Å²) in [5.74, 6) is 0.797. The molecule has 0 bridgehead atoms. The molecule has 2 atom stereocenters. The van der Waals surface area contributed by atoms with Crippen LogP contribution in [0.4, 0.5) is 0 Å². The van der Waals surface area contributed by atoms with Crippen LogP contribution < -0.4 is 11.1 Å². The lowest BCUT2D eigenvalue weighted by molar-refractivity contribution is 0.0667. The fraction of sp³-hybridized carbons (Fsp3) is 0.360. The summed E-state index contributed by atoms with van der Waals surface area (Å²) >= 11 is 0. The average molecular weight is 431 g/mol. The van der Waals surface area contributed by atoms with Gasteiger partial charge in [-0.3, -0.25) is 19.0 Å². The van der Waals surface area contributed by atoms with Gasteiger partial charge < -0.3 is 4.90 Å². The number of fused-ring (bicyclic) bond motifs is 3. The number of amides is 1. The Kier molecular flexibility index (Phi) is 5.25. The maximum atomic E-state index is 13.1. The maximum absolute atomic E-state index is 13.1. The zero-order valence-electron chi connectivity index (χ0n) is 18.1. The van der Waals surface area contributed by atoms with Crippen molar-refractivity contribution >= 4 is 5.91 Å². The molecule has 2 aliphatic rings. The standard InChI is InChI=1S/C25H26N4O3/c1-2-17-8-10-19(11-9-17)23(30)27-13-12-20-15-28-22(21(20)16-27)26-29(25(32)24(28)31)14-18-6-4-3-5-7-18/h3-11,20-21H,2,12-16H2,1H3/t20-,21+/m1/s1. The number of nitrogens with zero attached hydrogens (tertiary/aromatic N) is 4. The molecule has 0 radical (unpaired) electrons. The van der Waals surface area contributed by atoms with Gasteiger partial charge in [-0.25, -0.2) is 4.68 Å². The van der Waals surface area contributed by atoms with Gasteiger partial charge in [0, 0.05) is 31.1 Å². The molecule has 3 heterocycles. The Morgan fingerprint density at radius 2 is 1.72 bits per heavy atom. The molecule has 1 aromatic heterocycles. The van der Waals surface area contributed by atoms with Gasteiger partial charge >= 0.3 is 11.1 Å². The highest BCUT2D eigenvalue weighted by Crippen LogP contribution is 2.37. The second-order valence-corrected chi connectivity index (χ2v) is 8.68. The van der Waals surface area contributed by atoms with E-state index in [0.717, 1.165) is 18.4 Å². The normalized spacial score (nSPS) is 19.5. The molecule has 7 heteroatoms. The van der Waals surface area contributed by atoms with Crippen LogP contribution in [0.5, 0.6) is 0 Å². The molecule has 0 aliphatic carbocycles. The Hall–Kier alpha value is -3.48. The average Bonchev–Trinajstić information content (AvgIpc) is 3.20. The molecule has 164 valence electrons. The summed E-state index contributed by atoms with van der Waals surface area (Å²) in [4.78, 5) is 40.4. The number of aromatic nitrogens is 3. The number of hydrogen-bond acceptors (Lipinski definition) is 4. The van der Waals surface area contributed by atoms with Gasteiger partial charge in [0.15, 0.2) is 0 Å². The number of carbonyl (C=O) groups is 1. The second kappa shape index (κ2) is 8.22. The Morgan fingerprint density at radius 3 is 2.44 bits per heavy atom. The lowest BCUT2D eigenvalue weighted by atomic mass is 9.87. The zero-order chi connectivity index (χ0) is 22.2. The van der Waals surface area contributed by atoms with Crippen molar-refractivity contribution in [1.29, 1.82) is 0 Å². The van der Waals surface area contributed by atoms with E-state index in [1.54, 1.807) is 0 Å². The fourth-order valence-electron chi connectivity index (χ4n) is 4.86. The van der Waals surface area contributed by atoms with Crippen LogP contribution in [0.15, 0.2) is 64.2 Å². The van der Waals surface area contributed by atoms with Crippen molar-refractivity contribution in [3.8, 4) is 0 Å². The van der Waals surface area contributed by atoms with Crippen molar-refractivity contribution < 1.29 is 4.79 Å². The van der Waals surface area contributed by atoms with Crippen LogP contribution in [-0.2, 0) is 19.5 Å². The molecule has 3 aromatic rings. The predicted molar refractivity (Wildman–Crippen MR) is 121 cm³/mol. The number of carbonyl (C=O) groups excluding carboxylic acids is 1. The van der Waals surface area contributed by atoms with E-state index in [1.807, 2.05) is 59.5 Å². The molecule has 2 aliphatic heterocycles. The van der Waals surface area contributed by atoms with Gasteiger partial charge in [0.2, 0.25) is 0 Å². The lowest BCUT2D eigenvalue weighted by Crippen LogP contribution is -2.44. The molecule has 0 spiro atoms. The number of likely N-dealkylation sites (tertiary alicyclic amines) is 1. The molecule has 32 heavy (non-hydrogen) atoms. The largest absolute Gasteiger partial charge is 0.338 e. The summed E-state index contributed by atoms with van der Waals surface area (Å²) in [5, 5.41) is 4.61. The van der Waals surface area contributed by atoms with Crippen LogP contribution in [0.3, 0.4) is 0 Å². The number of piperidine rings is 1. The van der Waals surface area contributed by atoms with E-state index >= 15 is 0 Å². The summed E-state index contributed by atoms with van der Waals surface area (Å²) in [7, 11) is 0. The van der Waals surface area contributed by atoms with Gasteiger partial charge in [-0.2, -0.15) is 5.10 Å². The minimum Gasteiger partial charge on any atom is -0.338 e. The second-order valence-electron chi connectivity index (χ2n) is 8.68. The van der Waals surface area contributed by atoms with Gasteiger partial charge in [0.1, 0.15) is 5.82 Å². The van der Waals surface area contributed by atoms with Crippen molar-refractivity contribution in [2.24, 2.45) is 5.92 Å². The van der Waals surface area contributed by atoms with Crippen molar-refractivity contribution in [1.82, 2.24) is 19.2 Å². The van der Waals surface area contributed by atoms with Crippen molar-refractivity contribution in [3.05, 3.63) is 97.8 Å². The van der Waals surface area contributed by atoms with E-state index in [9.17, 15) is 14.4 Å². The van der Waals surface area contributed by atoms with Crippen molar-refractivity contribution in [2.75, 3.05) is 13.1 Å². The van der Waals surface area contributed by atoms with Crippen LogP contribution in [0, 0.1) is 5.92 Å². The van der Waals surface area contributed by atoms with Crippen molar-refractivity contribution in [3.63, 3.8) is 0 Å². The van der Waals surface area contributed by atoms with Crippen molar-refractivity contribution in [2.45, 2.75) is 38.8 Å². The number of benzene rings is 2. The van der Waals surface area contributed by atoms with E-state index in [0.29, 0.717) is 31.0 Å². The topological polar surface area (TPSA) is 77.2 Å². The molecule has 7 nitrogen and oxygen atoms in total. The van der Waals surface area contributed by atoms with Gasteiger partial charge in [-0.05, 0) is 42.0 Å². The van der Waals surface area contributed by atoms with E-state index in [4.69, 9.17) is 0 Å². The van der Waals surface area contributed by atoms with Crippen LogP contribution in [-0.4, -0.2) is 38.2 Å². The third-order valence-corrected chi connectivity index (χ3v) is 6.74.